The molecule has 7 heteroatoms. The summed E-state index contributed by atoms with van der Waals surface area (Å²) >= 11 is 0. The lowest BCUT2D eigenvalue weighted by Crippen LogP contribution is -2.57. The zero-order valence-corrected chi connectivity index (χ0v) is 26.7. The van der Waals surface area contributed by atoms with E-state index < -0.39 is 29.3 Å². The van der Waals surface area contributed by atoms with Gasteiger partial charge in [-0.1, -0.05) is 74.0 Å². The van der Waals surface area contributed by atoms with Gasteiger partial charge in [-0.25, -0.2) is 4.79 Å². The molecule has 226 valence electrons. The van der Waals surface area contributed by atoms with E-state index in [2.05, 4.69) is 24.5 Å². The molecule has 0 aliphatic rings. The summed E-state index contributed by atoms with van der Waals surface area (Å²) in [5, 5.41) is 5.94. The third kappa shape index (κ3) is 11.6. The summed E-state index contributed by atoms with van der Waals surface area (Å²) < 4.78 is 5.55. The molecule has 3 amide bonds. The first kappa shape index (κ1) is 33.9. The van der Waals surface area contributed by atoms with Crippen LogP contribution in [0.1, 0.15) is 97.9 Å². The molecule has 0 bridgehead atoms. The first-order chi connectivity index (χ1) is 19.0. The molecule has 7 nitrogen and oxygen atoms in total. The van der Waals surface area contributed by atoms with Crippen LogP contribution in [0.15, 0.2) is 54.6 Å². The second kappa shape index (κ2) is 14.5. The van der Waals surface area contributed by atoms with Gasteiger partial charge in [0.25, 0.3) is 0 Å². The van der Waals surface area contributed by atoms with Crippen molar-refractivity contribution in [1.29, 1.82) is 0 Å². The lowest BCUT2D eigenvalue weighted by atomic mass is 9.95. The molecule has 2 aromatic rings. The third-order valence-corrected chi connectivity index (χ3v) is 6.58. The van der Waals surface area contributed by atoms with Crippen molar-refractivity contribution < 1.29 is 19.1 Å². The van der Waals surface area contributed by atoms with Crippen molar-refractivity contribution in [3.8, 4) is 0 Å². The average Bonchev–Trinajstić information content (AvgIpc) is 2.84. The Hall–Kier alpha value is -3.35. The zero-order valence-electron chi connectivity index (χ0n) is 26.7. The van der Waals surface area contributed by atoms with E-state index in [-0.39, 0.29) is 24.3 Å². The topological polar surface area (TPSA) is 87.7 Å². The second-order valence-electron chi connectivity index (χ2n) is 13.5. The zero-order chi connectivity index (χ0) is 31.0. The van der Waals surface area contributed by atoms with E-state index in [0.717, 1.165) is 23.1 Å². The third-order valence-electron chi connectivity index (χ3n) is 6.58. The quantitative estimate of drug-likeness (QED) is 0.316. The molecule has 3 unspecified atom stereocenters. The predicted octanol–water partition coefficient (Wildman–Crippen LogP) is 6.74. The molecule has 0 spiro atoms. The summed E-state index contributed by atoms with van der Waals surface area (Å²) in [6.45, 7) is 19.4. The minimum absolute atomic E-state index is 0.258. The van der Waals surface area contributed by atoms with Crippen molar-refractivity contribution in [2.24, 2.45) is 5.92 Å². The van der Waals surface area contributed by atoms with E-state index in [9.17, 15) is 14.4 Å². The Morgan fingerprint density at radius 3 is 1.95 bits per heavy atom. The van der Waals surface area contributed by atoms with Crippen molar-refractivity contribution in [2.45, 2.75) is 118 Å². The van der Waals surface area contributed by atoms with Crippen LogP contribution in [0.5, 0.6) is 0 Å². The van der Waals surface area contributed by atoms with Crippen LogP contribution in [-0.4, -0.2) is 46.0 Å². The lowest BCUT2D eigenvalue weighted by Gasteiger charge is -2.40. The van der Waals surface area contributed by atoms with Gasteiger partial charge in [0.05, 0.1) is 0 Å². The van der Waals surface area contributed by atoms with E-state index in [4.69, 9.17) is 4.74 Å². The Balaban J connectivity index is 2.65. The molecule has 0 saturated carbocycles. The van der Waals surface area contributed by atoms with Gasteiger partial charge < -0.3 is 20.3 Å². The summed E-state index contributed by atoms with van der Waals surface area (Å²) in [4.78, 5) is 43.3. The Kier molecular flexibility index (Phi) is 12.0. The van der Waals surface area contributed by atoms with Gasteiger partial charge in [0.1, 0.15) is 17.7 Å². The number of rotatable bonds is 11. The number of carbonyl (C=O) groups is 3. The summed E-state index contributed by atoms with van der Waals surface area (Å²) in [5.74, 6) is -0.164. The molecule has 0 saturated heterocycles. The van der Waals surface area contributed by atoms with Crippen LogP contribution >= 0.6 is 0 Å². The maximum Gasteiger partial charge on any atom is 0.408 e. The van der Waals surface area contributed by atoms with Gasteiger partial charge in [0, 0.05) is 18.0 Å². The van der Waals surface area contributed by atoms with Gasteiger partial charge in [-0.2, -0.15) is 0 Å². The number of ether oxygens (including phenoxy) is 1. The normalized spacial score (nSPS) is 14.1. The Labute approximate surface area is 247 Å². The highest BCUT2D eigenvalue weighted by molar-refractivity contribution is 5.92. The number of benzene rings is 2. The van der Waals surface area contributed by atoms with Gasteiger partial charge in [0.2, 0.25) is 11.8 Å². The van der Waals surface area contributed by atoms with Crippen LogP contribution in [0.2, 0.25) is 0 Å². The van der Waals surface area contributed by atoms with E-state index in [1.165, 1.54) is 0 Å². The number of hydrogen-bond acceptors (Lipinski definition) is 4. The Morgan fingerprint density at radius 1 is 0.854 bits per heavy atom. The highest BCUT2D eigenvalue weighted by Gasteiger charge is 2.39. The molecule has 0 radical (unpaired) electrons. The van der Waals surface area contributed by atoms with Crippen LogP contribution in [0, 0.1) is 12.8 Å². The highest BCUT2D eigenvalue weighted by Crippen LogP contribution is 2.29. The van der Waals surface area contributed by atoms with Gasteiger partial charge in [-0.15, -0.1) is 0 Å². The molecule has 0 fully saturated rings. The molecule has 41 heavy (non-hydrogen) atoms. The number of alkyl carbamates (subject to hydrolysis) is 1. The standard InChI is InChI=1S/C34H51N3O4/c1-23(2)16-19-25(4)37(29(30(38)36-33(5,6)7)27-20-17-24(3)18-21-27)31(39)28(22-26-14-12-11-13-15-26)35-32(40)41-34(8,9)10/h11-15,17-18,20-21,23,25,28-29H,16,19,22H2,1-10H3,(H,35,40)(H,36,38). The Morgan fingerprint density at radius 2 is 1.44 bits per heavy atom. The van der Waals surface area contributed by atoms with E-state index in [0.29, 0.717) is 12.3 Å². The second-order valence-corrected chi connectivity index (χ2v) is 13.5. The number of nitrogens with zero attached hydrogens (tertiary/aromatic N) is 1. The summed E-state index contributed by atoms with van der Waals surface area (Å²) in [6, 6.07) is 15.2. The van der Waals surface area contributed by atoms with Crippen LogP contribution < -0.4 is 10.6 Å². The molecule has 0 aromatic heterocycles. The molecule has 3 atom stereocenters. The number of hydrogen-bond donors (Lipinski definition) is 2. The minimum Gasteiger partial charge on any atom is -0.444 e. The first-order valence-electron chi connectivity index (χ1n) is 14.7. The molecule has 0 aliphatic carbocycles. The Bertz CT molecular complexity index is 1130. The molecule has 2 rings (SSSR count). The number of aryl methyl sites for hydroxylation is 1. The van der Waals surface area contributed by atoms with Crippen LogP contribution in [0.25, 0.3) is 0 Å². The predicted molar refractivity (Wildman–Crippen MR) is 165 cm³/mol. The number of carbonyl (C=O) groups excluding carboxylic acids is 3. The fourth-order valence-corrected chi connectivity index (χ4v) is 4.62. The molecule has 0 aliphatic heterocycles. The number of nitrogens with one attached hydrogen (secondary N) is 2. The molecule has 0 heterocycles. The maximum atomic E-state index is 14.7. The van der Waals surface area contributed by atoms with Crippen LogP contribution in [0.4, 0.5) is 4.79 Å². The summed E-state index contributed by atoms with van der Waals surface area (Å²) in [6.07, 6.45) is 1.18. The molecule has 2 N–H and O–H groups in total. The van der Waals surface area contributed by atoms with Crippen molar-refractivity contribution in [1.82, 2.24) is 15.5 Å². The van der Waals surface area contributed by atoms with Crippen molar-refractivity contribution in [3.63, 3.8) is 0 Å². The van der Waals surface area contributed by atoms with Gasteiger partial charge in [-0.05, 0) is 85.3 Å². The maximum absolute atomic E-state index is 14.7. The van der Waals surface area contributed by atoms with Gasteiger partial charge in [0.15, 0.2) is 0 Å². The fraction of sp³-hybridized carbons (Fsp3) is 0.559. The van der Waals surface area contributed by atoms with Crippen molar-refractivity contribution in [3.05, 3.63) is 71.3 Å². The van der Waals surface area contributed by atoms with Crippen LogP contribution in [0.3, 0.4) is 0 Å². The van der Waals surface area contributed by atoms with E-state index >= 15 is 0 Å². The highest BCUT2D eigenvalue weighted by atomic mass is 16.6. The van der Waals surface area contributed by atoms with Gasteiger partial charge >= 0.3 is 6.09 Å². The smallest absolute Gasteiger partial charge is 0.408 e. The van der Waals surface area contributed by atoms with Crippen molar-refractivity contribution in [2.75, 3.05) is 0 Å². The molecule has 2 aromatic carbocycles. The molecular weight excluding hydrogens is 514 g/mol. The molecular formula is C34H51N3O4. The summed E-state index contributed by atoms with van der Waals surface area (Å²) in [7, 11) is 0. The van der Waals surface area contributed by atoms with E-state index in [1.54, 1.807) is 25.7 Å². The SMILES string of the molecule is Cc1ccc(C(C(=O)NC(C)(C)C)N(C(=O)C(Cc2ccccc2)NC(=O)OC(C)(C)C)C(C)CCC(C)C)cc1. The largest absolute Gasteiger partial charge is 0.444 e. The van der Waals surface area contributed by atoms with Crippen LogP contribution in [-0.2, 0) is 20.7 Å². The minimum atomic E-state index is -0.941. The lowest BCUT2D eigenvalue weighted by molar-refractivity contribution is -0.145. The number of amides is 3. The monoisotopic (exact) mass is 565 g/mol. The summed E-state index contributed by atoms with van der Waals surface area (Å²) in [5.41, 5.74) is 1.43. The fourth-order valence-electron chi connectivity index (χ4n) is 4.62. The van der Waals surface area contributed by atoms with Crippen molar-refractivity contribution >= 4 is 17.9 Å². The van der Waals surface area contributed by atoms with Gasteiger partial charge in [-0.3, -0.25) is 9.59 Å². The van der Waals surface area contributed by atoms with E-state index in [1.807, 2.05) is 89.2 Å². The first-order valence-corrected chi connectivity index (χ1v) is 14.7. The average molecular weight is 566 g/mol.